The summed E-state index contributed by atoms with van der Waals surface area (Å²) >= 11 is 0. The Bertz CT molecular complexity index is 589. The summed E-state index contributed by atoms with van der Waals surface area (Å²) < 4.78 is 26.6. The molecule has 4 N–H and O–H groups in total. The van der Waals surface area contributed by atoms with Gasteiger partial charge in [-0.25, -0.2) is 13.1 Å². The molecule has 8 heteroatoms. The lowest BCUT2D eigenvalue weighted by molar-refractivity contribution is 0.0952. The van der Waals surface area contributed by atoms with Crippen LogP contribution in [0.3, 0.4) is 0 Å². The number of carbonyl (C=O) groups excluding carboxylic acids is 1. The molecule has 22 heavy (non-hydrogen) atoms. The molecule has 6 nitrogen and oxygen atoms in total. The molecule has 1 aromatic rings. The SMILES string of the molecule is CC(N)CCNC(=O)c1cccc(S(=O)(=O)NC(C)C)c1.Cl. The van der Waals surface area contributed by atoms with Gasteiger partial charge in [0.25, 0.3) is 5.91 Å². The molecule has 0 saturated carbocycles. The van der Waals surface area contributed by atoms with Crippen molar-refractivity contribution in [1.29, 1.82) is 0 Å². The van der Waals surface area contributed by atoms with E-state index >= 15 is 0 Å². The predicted octanol–water partition coefficient (Wildman–Crippen LogP) is 1.26. The molecule has 0 spiro atoms. The molecular weight excluding hydrogens is 326 g/mol. The van der Waals surface area contributed by atoms with Crippen molar-refractivity contribution in [1.82, 2.24) is 10.0 Å². The van der Waals surface area contributed by atoms with Crippen LogP contribution in [-0.4, -0.2) is 33.0 Å². The zero-order valence-corrected chi connectivity index (χ0v) is 14.6. The van der Waals surface area contributed by atoms with Crippen LogP contribution in [0.25, 0.3) is 0 Å². The normalized spacial score (nSPS) is 12.6. The summed E-state index contributed by atoms with van der Waals surface area (Å²) in [5.41, 5.74) is 5.92. The van der Waals surface area contributed by atoms with Gasteiger partial charge in [-0.05, 0) is 45.4 Å². The Balaban J connectivity index is 0.00000441. The Kier molecular flexibility index (Phi) is 8.62. The minimum atomic E-state index is -3.60. The third-order valence-corrected chi connectivity index (χ3v) is 4.34. The van der Waals surface area contributed by atoms with E-state index in [1.807, 2.05) is 6.92 Å². The lowest BCUT2D eigenvalue weighted by Gasteiger charge is -2.11. The Morgan fingerprint density at radius 2 is 1.91 bits per heavy atom. The van der Waals surface area contributed by atoms with Gasteiger partial charge in [0.1, 0.15) is 0 Å². The van der Waals surface area contributed by atoms with E-state index in [1.54, 1.807) is 26.0 Å². The quantitative estimate of drug-likeness (QED) is 0.689. The summed E-state index contributed by atoms with van der Waals surface area (Å²) in [5, 5.41) is 2.72. The van der Waals surface area contributed by atoms with Crippen molar-refractivity contribution in [3.63, 3.8) is 0 Å². The van der Waals surface area contributed by atoms with Gasteiger partial charge < -0.3 is 11.1 Å². The van der Waals surface area contributed by atoms with E-state index in [2.05, 4.69) is 10.0 Å². The number of nitrogens with one attached hydrogen (secondary N) is 2. The van der Waals surface area contributed by atoms with E-state index in [9.17, 15) is 13.2 Å². The Labute approximate surface area is 138 Å². The molecule has 1 unspecified atom stereocenters. The Hall–Kier alpha value is -1.15. The number of rotatable bonds is 7. The van der Waals surface area contributed by atoms with Gasteiger partial charge in [0, 0.05) is 24.2 Å². The van der Waals surface area contributed by atoms with Crippen LogP contribution in [0.4, 0.5) is 0 Å². The number of hydrogen-bond acceptors (Lipinski definition) is 4. The molecule has 1 amide bonds. The number of halogens is 1. The average Bonchev–Trinajstić information content (AvgIpc) is 2.37. The smallest absolute Gasteiger partial charge is 0.251 e. The lowest BCUT2D eigenvalue weighted by Crippen LogP contribution is -2.31. The van der Waals surface area contributed by atoms with Crippen LogP contribution >= 0.6 is 12.4 Å². The molecule has 1 rings (SSSR count). The first kappa shape index (κ1) is 20.9. The second-order valence-electron chi connectivity index (χ2n) is 5.33. The number of benzene rings is 1. The maximum Gasteiger partial charge on any atom is 0.251 e. The molecule has 0 heterocycles. The minimum Gasteiger partial charge on any atom is -0.352 e. The van der Waals surface area contributed by atoms with Crippen molar-refractivity contribution in [3.8, 4) is 0 Å². The topological polar surface area (TPSA) is 101 Å². The minimum absolute atomic E-state index is 0. The second-order valence-corrected chi connectivity index (χ2v) is 7.04. The first-order chi connectivity index (χ1) is 9.72. The molecule has 0 radical (unpaired) electrons. The largest absolute Gasteiger partial charge is 0.352 e. The first-order valence-corrected chi connectivity index (χ1v) is 8.37. The lowest BCUT2D eigenvalue weighted by atomic mass is 10.2. The van der Waals surface area contributed by atoms with Crippen molar-refractivity contribution < 1.29 is 13.2 Å². The third kappa shape index (κ3) is 6.74. The van der Waals surface area contributed by atoms with Gasteiger partial charge in [-0.3, -0.25) is 4.79 Å². The van der Waals surface area contributed by atoms with E-state index in [0.717, 1.165) is 0 Å². The highest BCUT2D eigenvalue weighted by atomic mass is 35.5. The number of carbonyl (C=O) groups is 1. The van der Waals surface area contributed by atoms with E-state index < -0.39 is 10.0 Å². The summed E-state index contributed by atoms with van der Waals surface area (Å²) in [4.78, 5) is 12.0. The van der Waals surface area contributed by atoms with E-state index in [0.29, 0.717) is 18.5 Å². The maximum atomic E-state index is 12.1. The molecule has 1 aromatic carbocycles. The van der Waals surface area contributed by atoms with Crippen molar-refractivity contribution in [3.05, 3.63) is 29.8 Å². The monoisotopic (exact) mass is 349 g/mol. The second kappa shape index (κ2) is 9.09. The van der Waals surface area contributed by atoms with Gasteiger partial charge in [-0.2, -0.15) is 0 Å². The molecule has 0 aliphatic carbocycles. The molecule has 126 valence electrons. The molecule has 1 atom stereocenters. The Morgan fingerprint density at radius 3 is 2.45 bits per heavy atom. The van der Waals surface area contributed by atoms with Crippen LogP contribution in [0.2, 0.25) is 0 Å². The fourth-order valence-electron chi connectivity index (χ4n) is 1.70. The average molecular weight is 350 g/mol. The summed E-state index contributed by atoms with van der Waals surface area (Å²) in [6, 6.07) is 5.76. The van der Waals surface area contributed by atoms with Crippen molar-refractivity contribution in [2.45, 2.75) is 44.2 Å². The molecule has 0 aliphatic rings. The zero-order valence-electron chi connectivity index (χ0n) is 13.0. The third-order valence-electron chi connectivity index (χ3n) is 2.68. The predicted molar refractivity (Wildman–Crippen MR) is 89.7 cm³/mol. The molecule has 0 fully saturated rings. The van der Waals surface area contributed by atoms with Crippen LogP contribution in [0.1, 0.15) is 37.6 Å². The molecule has 0 aliphatic heterocycles. The molecule has 0 bridgehead atoms. The van der Waals surface area contributed by atoms with Crippen molar-refractivity contribution in [2.75, 3.05) is 6.54 Å². The van der Waals surface area contributed by atoms with Gasteiger partial charge in [0.2, 0.25) is 10.0 Å². The number of nitrogens with two attached hydrogens (primary N) is 1. The van der Waals surface area contributed by atoms with E-state index in [-0.39, 0.29) is 35.3 Å². The van der Waals surface area contributed by atoms with Gasteiger partial charge in [0.15, 0.2) is 0 Å². The fraction of sp³-hybridized carbons (Fsp3) is 0.500. The molecular formula is C14H24ClN3O3S. The highest BCUT2D eigenvalue weighted by molar-refractivity contribution is 7.89. The highest BCUT2D eigenvalue weighted by Crippen LogP contribution is 2.12. The van der Waals surface area contributed by atoms with Crippen molar-refractivity contribution in [2.24, 2.45) is 5.73 Å². The molecule has 0 aromatic heterocycles. The fourth-order valence-corrected chi connectivity index (χ4v) is 2.99. The standard InChI is InChI=1S/C14H23N3O3S.ClH/c1-10(2)17-21(19,20)13-6-4-5-12(9-13)14(18)16-8-7-11(3)15;/h4-6,9-11,17H,7-8,15H2,1-3H3,(H,16,18);1H. The number of sulfonamides is 1. The van der Waals surface area contributed by atoms with Gasteiger partial charge >= 0.3 is 0 Å². The zero-order chi connectivity index (χ0) is 16.0. The van der Waals surface area contributed by atoms with E-state index in [4.69, 9.17) is 5.73 Å². The highest BCUT2D eigenvalue weighted by Gasteiger charge is 2.17. The first-order valence-electron chi connectivity index (χ1n) is 6.88. The van der Waals surface area contributed by atoms with Gasteiger partial charge in [0.05, 0.1) is 4.90 Å². The number of amides is 1. The summed E-state index contributed by atoms with van der Waals surface area (Å²) in [7, 11) is -3.60. The van der Waals surface area contributed by atoms with Crippen molar-refractivity contribution >= 4 is 28.3 Å². The van der Waals surface area contributed by atoms with Crippen LogP contribution in [0.15, 0.2) is 29.2 Å². The molecule has 0 saturated heterocycles. The van der Waals surface area contributed by atoms with Crippen LogP contribution in [0.5, 0.6) is 0 Å². The van der Waals surface area contributed by atoms with Gasteiger partial charge in [-0.1, -0.05) is 6.07 Å². The van der Waals surface area contributed by atoms with Crippen LogP contribution in [0, 0.1) is 0 Å². The van der Waals surface area contributed by atoms with Crippen LogP contribution in [-0.2, 0) is 10.0 Å². The van der Waals surface area contributed by atoms with E-state index in [1.165, 1.54) is 12.1 Å². The summed E-state index contributed by atoms with van der Waals surface area (Å²) in [6.07, 6.45) is 0.665. The number of hydrogen-bond donors (Lipinski definition) is 3. The maximum absolute atomic E-state index is 12.1. The summed E-state index contributed by atoms with van der Waals surface area (Å²) in [6.45, 7) is 5.79. The van der Waals surface area contributed by atoms with Crippen LogP contribution < -0.4 is 15.8 Å². The Morgan fingerprint density at radius 1 is 1.27 bits per heavy atom. The summed E-state index contributed by atoms with van der Waals surface area (Å²) in [5.74, 6) is -0.308. The van der Waals surface area contributed by atoms with Gasteiger partial charge in [-0.15, -0.1) is 12.4 Å².